The van der Waals surface area contributed by atoms with Crippen LogP contribution in [0.25, 0.3) is 0 Å². The van der Waals surface area contributed by atoms with Crippen LogP contribution in [0, 0.1) is 12.7 Å². The largest absolute Gasteiger partial charge is 0.488 e. The number of aryl methyl sites for hydroxylation is 1. The number of hydrogen-bond donors (Lipinski definition) is 1. The van der Waals surface area contributed by atoms with Gasteiger partial charge < -0.3 is 10.5 Å². The molecule has 0 aliphatic heterocycles. The maximum absolute atomic E-state index is 13.8. The van der Waals surface area contributed by atoms with Crippen LogP contribution in [0.2, 0.25) is 5.02 Å². The summed E-state index contributed by atoms with van der Waals surface area (Å²) in [5.41, 5.74) is 8.99. The smallest absolute Gasteiger partial charge is 0.131 e. The maximum atomic E-state index is 13.8. The molecule has 0 bridgehead atoms. The Kier molecular flexibility index (Phi) is 4.73. The molecule has 2 aromatic rings. The fourth-order valence-corrected chi connectivity index (χ4v) is 2.33. The summed E-state index contributed by atoms with van der Waals surface area (Å²) in [5, 5.41) is 0.369. The minimum atomic E-state index is -0.360. The molecule has 0 heterocycles. The van der Waals surface area contributed by atoms with Crippen LogP contribution in [0.3, 0.4) is 0 Å². The lowest BCUT2D eigenvalue weighted by atomic mass is 9.99. The maximum Gasteiger partial charge on any atom is 0.131 e. The summed E-state index contributed by atoms with van der Waals surface area (Å²) in [6.45, 7) is 6.14. The minimum absolute atomic E-state index is 0.0918. The molecule has 112 valence electrons. The van der Waals surface area contributed by atoms with E-state index >= 15 is 0 Å². The van der Waals surface area contributed by atoms with Gasteiger partial charge in [-0.25, -0.2) is 4.39 Å². The zero-order chi connectivity index (χ0) is 15.6. The van der Waals surface area contributed by atoms with Gasteiger partial charge in [0.15, 0.2) is 0 Å². The Morgan fingerprint density at radius 3 is 2.62 bits per heavy atom. The quantitative estimate of drug-likeness (QED) is 0.800. The highest BCUT2D eigenvalue weighted by Gasteiger charge is 2.13. The molecule has 0 saturated carbocycles. The molecule has 0 atom stereocenters. The summed E-state index contributed by atoms with van der Waals surface area (Å²) in [6, 6.07) is 8.41. The van der Waals surface area contributed by atoms with Crippen LogP contribution in [-0.4, -0.2) is 0 Å². The number of hydrogen-bond acceptors (Lipinski definition) is 2. The van der Waals surface area contributed by atoms with E-state index in [2.05, 4.69) is 13.8 Å². The second-order valence-corrected chi connectivity index (χ2v) is 5.80. The summed E-state index contributed by atoms with van der Waals surface area (Å²) in [4.78, 5) is 0. The normalized spacial score (nSPS) is 11.0. The van der Waals surface area contributed by atoms with E-state index in [1.54, 1.807) is 12.1 Å². The topological polar surface area (TPSA) is 35.2 Å². The molecular formula is C17H19ClFNO. The lowest BCUT2D eigenvalue weighted by Gasteiger charge is -2.17. The standard InChI is InChI=1S/C17H19ClFNO/c1-10(2)12-8-16(20)11(3)7-17(12)21-9-13-14(18)5-4-6-15(13)19/h4-8,10H,9,20H2,1-3H3. The Hall–Kier alpha value is -1.74. The third-order valence-electron chi connectivity index (χ3n) is 3.45. The van der Waals surface area contributed by atoms with Crippen molar-refractivity contribution in [3.8, 4) is 5.75 Å². The van der Waals surface area contributed by atoms with E-state index in [1.165, 1.54) is 6.07 Å². The molecule has 0 amide bonds. The fourth-order valence-electron chi connectivity index (χ4n) is 2.11. The first kappa shape index (κ1) is 15.6. The predicted molar refractivity (Wildman–Crippen MR) is 85.4 cm³/mol. The molecule has 0 aromatic heterocycles. The zero-order valence-corrected chi connectivity index (χ0v) is 13.2. The molecule has 0 aliphatic carbocycles. The highest BCUT2D eigenvalue weighted by molar-refractivity contribution is 6.31. The van der Waals surface area contributed by atoms with Crippen molar-refractivity contribution < 1.29 is 9.13 Å². The van der Waals surface area contributed by atoms with Crippen molar-refractivity contribution in [2.24, 2.45) is 0 Å². The van der Waals surface area contributed by atoms with Crippen LogP contribution in [0.1, 0.15) is 36.5 Å². The molecule has 2 nitrogen and oxygen atoms in total. The second-order valence-electron chi connectivity index (χ2n) is 5.39. The number of ether oxygens (including phenoxy) is 1. The van der Waals surface area contributed by atoms with Gasteiger partial charge >= 0.3 is 0 Å². The molecule has 2 N–H and O–H groups in total. The number of anilines is 1. The Morgan fingerprint density at radius 2 is 2.00 bits per heavy atom. The van der Waals surface area contributed by atoms with E-state index in [9.17, 15) is 4.39 Å². The molecular weight excluding hydrogens is 289 g/mol. The van der Waals surface area contributed by atoms with Gasteiger partial charge in [-0.3, -0.25) is 0 Å². The number of benzene rings is 2. The Bertz CT molecular complexity index is 635. The molecule has 2 aromatic carbocycles. The molecule has 0 fully saturated rings. The average Bonchev–Trinajstić information content (AvgIpc) is 2.41. The van der Waals surface area contributed by atoms with E-state index < -0.39 is 0 Å². The Labute approximate surface area is 129 Å². The van der Waals surface area contributed by atoms with Gasteiger partial charge in [0, 0.05) is 11.3 Å². The molecule has 2 rings (SSSR count). The van der Waals surface area contributed by atoms with Gasteiger partial charge in [-0.1, -0.05) is 31.5 Å². The molecule has 0 aliphatic rings. The number of nitrogens with two attached hydrogens (primary N) is 1. The van der Waals surface area contributed by atoms with Gasteiger partial charge in [0.25, 0.3) is 0 Å². The van der Waals surface area contributed by atoms with Crippen molar-refractivity contribution in [1.29, 1.82) is 0 Å². The average molecular weight is 308 g/mol. The van der Waals surface area contributed by atoms with Gasteiger partial charge in [0.05, 0.1) is 5.02 Å². The highest BCUT2D eigenvalue weighted by atomic mass is 35.5. The van der Waals surface area contributed by atoms with E-state index in [1.807, 2.05) is 19.1 Å². The number of rotatable bonds is 4. The lowest BCUT2D eigenvalue weighted by molar-refractivity contribution is 0.295. The molecule has 0 saturated heterocycles. The highest BCUT2D eigenvalue weighted by Crippen LogP contribution is 2.32. The fraction of sp³-hybridized carbons (Fsp3) is 0.294. The minimum Gasteiger partial charge on any atom is -0.488 e. The first-order valence-corrected chi connectivity index (χ1v) is 7.23. The zero-order valence-electron chi connectivity index (χ0n) is 12.4. The van der Waals surface area contributed by atoms with E-state index in [0.29, 0.717) is 10.6 Å². The molecule has 4 heteroatoms. The van der Waals surface area contributed by atoms with Crippen LogP contribution in [0.4, 0.5) is 10.1 Å². The van der Waals surface area contributed by atoms with Crippen LogP contribution in [-0.2, 0) is 6.61 Å². The van der Waals surface area contributed by atoms with Crippen LogP contribution in [0.5, 0.6) is 5.75 Å². The van der Waals surface area contributed by atoms with Gasteiger partial charge in [0.1, 0.15) is 18.2 Å². The first-order chi connectivity index (χ1) is 9.90. The lowest BCUT2D eigenvalue weighted by Crippen LogP contribution is -2.04. The van der Waals surface area contributed by atoms with E-state index in [-0.39, 0.29) is 18.3 Å². The van der Waals surface area contributed by atoms with Crippen molar-refractivity contribution in [2.75, 3.05) is 5.73 Å². The summed E-state index contributed by atoms with van der Waals surface area (Å²) in [7, 11) is 0. The van der Waals surface area contributed by atoms with Crippen molar-refractivity contribution in [1.82, 2.24) is 0 Å². The SMILES string of the molecule is Cc1cc(OCc2c(F)cccc2Cl)c(C(C)C)cc1N. The molecule has 21 heavy (non-hydrogen) atoms. The molecule has 0 unspecified atom stereocenters. The van der Waals surface area contributed by atoms with Crippen LogP contribution in [0.15, 0.2) is 30.3 Å². The van der Waals surface area contributed by atoms with Gasteiger partial charge in [-0.15, -0.1) is 0 Å². The van der Waals surface area contributed by atoms with E-state index in [4.69, 9.17) is 22.1 Å². The van der Waals surface area contributed by atoms with E-state index in [0.717, 1.165) is 22.6 Å². The third kappa shape index (κ3) is 3.48. The Morgan fingerprint density at radius 1 is 1.29 bits per heavy atom. The number of nitrogen functional groups attached to an aromatic ring is 1. The summed E-state index contributed by atoms with van der Waals surface area (Å²) in [5.74, 6) is 0.621. The van der Waals surface area contributed by atoms with Gasteiger partial charge in [-0.05, 0) is 48.2 Å². The molecule has 0 spiro atoms. The second kappa shape index (κ2) is 6.35. The van der Waals surface area contributed by atoms with Crippen molar-refractivity contribution >= 4 is 17.3 Å². The predicted octanol–water partition coefficient (Wildman–Crippen LogP) is 5.07. The number of halogens is 2. The van der Waals surface area contributed by atoms with Gasteiger partial charge in [-0.2, -0.15) is 0 Å². The Balaban J connectivity index is 2.30. The monoisotopic (exact) mass is 307 g/mol. The molecule has 0 radical (unpaired) electrons. The van der Waals surface area contributed by atoms with Crippen LogP contribution >= 0.6 is 11.6 Å². The van der Waals surface area contributed by atoms with Crippen LogP contribution < -0.4 is 10.5 Å². The van der Waals surface area contributed by atoms with Gasteiger partial charge in [0.2, 0.25) is 0 Å². The summed E-state index contributed by atoms with van der Waals surface area (Å²) >= 11 is 6.01. The van der Waals surface area contributed by atoms with Crippen molar-refractivity contribution in [3.63, 3.8) is 0 Å². The summed E-state index contributed by atoms with van der Waals surface area (Å²) in [6.07, 6.45) is 0. The first-order valence-electron chi connectivity index (χ1n) is 6.86. The van der Waals surface area contributed by atoms with Crippen molar-refractivity contribution in [3.05, 3.63) is 57.9 Å². The third-order valence-corrected chi connectivity index (χ3v) is 3.81. The summed E-state index contributed by atoms with van der Waals surface area (Å²) < 4.78 is 19.6. The van der Waals surface area contributed by atoms with Crippen molar-refractivity contribution in [2.45, 2.75) is 33.3 Å².